The molecule has 0 fully saturated rings. The Balaban J connectivity index is 2.49. The summed E-state index contributed by atoms with van der Waals surface area (Å²) in [4.78, 5) is 22.8. The van der Waals surface area contributed by atoms with Gasteiger partial charge in [-0.1, -0.05) is 30.3 Å². The molecule has 108 valence electrons. The van der Waals surface area contributed by atoms with Gasteiger partial charge >= 0.3 is 12.1 Å². The van der Waals surface area contributed by atoms with E-state index in [0.717, 1.165) is 5.56 Å². The second-order valence-electron chi connectivity index (χ2n) is 4.16. The average molecular weight is 277 g/mol. The molecule has 1 unspecified atom stereocenters. The molecule has 0 spiro atoms. The molecule has 1 rings (SSSR count). The molecule has 20 heavy (non-hydrogen) atoms. The summed E-state index contributed by atoms with van der Waals surface area (Å²) in [6.45, 7) is 5.37. The van der Waals surface area contributed by atoms with Gasteiger partial charge in [0, 0.05) is 11.8 Å². The molecule has 0 aliphatic rings. The van der Waals surface area contributed by atoms with Crippen LogP contribution < -0.4 is 5.32 Å². The fraction of sp³-hybridized carbons (Fsp3) is 0.333. The normalized spacial score (nSPS) is 12.4. The van der Waals surface area contributed by atoms with E-state index in [2.05, 4.69) is 5.32 Å². The maximum atomic E-state index is 11.7. The number of ether oxygens (including phenoxy) is 2. The molecule has 1 aromatic rings. The molecule has 0 heterocycles. The average Bonchev–Trinajstić information content (AvgIpc) is 2.39. The van der Waals surface area contributed by atoms with Crippen LogP contribution in [0.5, 0.6) is 0 Å². The van der Waals surface area contributed by atoms with Gasteiger partial charge in [-0.05, 0) is 26.3 Å². The van der Waals surface area contributed by atoms with E-state index in [0.29, 0.717) is 5.70 Å². The molecule has 1 N–H and O–H groups in total. The number of hydrogen-bond acceptors (Lipinski definition) is 4. The predicted octanol–water partition coefficient (Wildman–Crippen LogP) is 2.94. The first kappa shape index (κ1) is 15.8. The summed E-state index contributed by atoms with van der Waals surface area (Å²) in [6, 6.07) is 9.39. The Morgan fingerprint density at radius 2 is 1.95 bits per heavy atom. The van der Waals surface area contributed by atoms with E-state index in [1.807, 2.05) is 30.3 Å². The quantitative estimate of drug-likeness (QED) is 0.664. The highest BCUT2D eigenvalue weighted by molar-refractivity contribution is 5.83. The largest absolute Gasteiger partial charge is 0.463 e. The van der Waals surface area contributed by atoms with Crippen molar-refractivity contribution in [1.29, 1.82) is 0 Å². The van der Waals surface area contributed by atoms with Crippen LogP contribution in [0.1, 0.15) is 32.4 Å². The molecule has 0 saturated heterocycles. The lowest BCUT2D eigenvalue weighted by molar-refractivity contribution is -0.137. The Labute approximate surface area is 118 Å². The highest BCUT2D eigenvalue weighted by atomic mass is 16.6. The van der Waals surface area contributed by atoms with E-state index in [4.69, 9.17) is 9.47 Å². The van der Waals surface area contributed by atoms with Crippen molar-refractivity contribution in [3.05, 3.63) is 47.7 Å². The monoisotopic (exact) mass is 277 g/mol. The highest BCUT2D eigenvalue weighted by Crippen LogP contribution is 2.15. The minimum absolute atomic E-state index is 0.290. The number of carbonyl (C=O) groups excluding carboxylic acids is 2. The van der Waals surface area contributed by atoms with Crippen LogP contribution in [0.25, 0.3) is 0 Å². The predicted molar refractivity (Wildman–Crippen MR) is 74.9 cm³/mol. The van der Waals surface area contributed by atoms with Crippen molar-refractivity contribution in [2.24, 2.45) is 0 Å². The number of benzene rings is 1. The van der Waals surface area contributed by atoms with Crippen molar-refractivity contribution in [2.45, 2.75) is 26.9 Å². The number of alkyl carbamates (subject to hydrolysis) is 1. The Morgan fingerprint density at radius 1 is 1.30 bits per heavy atom. The Hall–Kier alpha value is -2.30. The van der Waals surface area contributed by atoms with Gasteiger partial charge in [-0.2, -0.15) is 0 Å². The van der Waals surface area contributed by atoms with Crippen LogP contribution in [0, 0.1) is 0 Å². The highest BCUT2D eigenvalue weighted by Gasteiger charge is 2.11. The van der Waals surface area contributed by atoms with E-state index < -0.39 is 12.1 Å². The van der Waals surface area contributed by atoms with Crippen LogP contribution in [0.2, 0.25) is 0 Å². The number of esters is 1. The first-order chi connectivity index (χ1) is 9.52. The standard InChI is InChI=1S/C15H19NO4/c1-4-19-14(17)10-11(2)16-15(18)20-12(3)13-8-6-5-7-9-13/h5-10,12H,4H2,1-3H3,(H,16,18)/b11-10-. The molecule has 5 nitrogen and oxygen atoms in total. The first-order valence-electron chi connectivity index (χ1n) is 6.40. The minimum Gasteiger partial charge on any atom is -0.463 e. The molecule has 1 atom stereocenters. The molecule has 0 saturated carbocycles. The fourth-order valence-corrected chi connectivity index (χ4v) is 1.54. The Kier molecular flexibility index (Phi) is 6.29. The van der Waals surface area contributed by atoms with Crippen molar-refractivity contribution in [1.82, 2.24) is 5.32 Å². The van der Waals surface area contributed by atoms with Gasteiger partial charge in [0.25, 0.3) is 0 Å². The zero-order chi connectivity index (χ0) is 15.0. The SMILES string of the molecule is CCOC(=O)/C=C(/C)NC(=O)OC(C)c1ccccc1. The summed E-state index contributed by atoms with van der Waals surface area (Å²) in [5.74, 6) is -0.499. The van der Waals surface area contributed by atoms with E-state index in [9.17, 15) is 9.59 Å². The Morgan fingerprint density at radius 3 is 2.55 bits per heavy atom. The third kappa shape index (κ3) is 5.56. The van der Waals surface area contributed by atoms with Gasteiger partial charge in [-0.15, -0.1) is 0 Å². The van der Waals surface area contributed by atoms with Gasteiger partial charge in [0.2, 0.25) is 0 Å². The van der Waals surface area contributed by atoms with E-state index >= 15 is 0 Å². The van der Waals surface area contributed by atoms with Crippen molar-refractivity contribution >= 4 is 12.1 Å². The van der Waals surface area contributed by atoms with Gasteiger partial charge in [0.05, 0.1) is 6.61 Å². The van der Waals surface area contributed by atoms with Crippen LogP contribution in [-0.4, -0.2) is 18.7 Å². The lowest BCUT2D eigenvalue weighted by Gasteiger charge is -2.14. The lowest BCUT2D eigenvalue weighted by Crippen LogP contribution is -2.24. The third-order valence-corrected chi connectivity index (χ3v) is 2.47. The van der Waals surface area contributed by atoms with E-state index in [1.165, 1.54) is 6.08 Å². The van der Waals surface area contributed by atoms with Gasteiger partial charge < -0.3 is 9.47 Å². The maximum absolute atomic E-state index is 11.7. The lowest BCUT2D eigenvalue weighted by atomic mass is 10.1. The summed E-state index contributed by atoms with van der Waals surface area (Å²) >= 11 is 0. The first-order valence-corrected chi connectivity index (χ1v) is 6.40. The van der Waals surface area contributed by atoms with Crippen LogP contribution in [0.3, 0.4) is 0 Å². The number of hydrogen-bond donors (Lipinski definition) is 1. The van der Waals surface area contributed by atoms with Crippen molar-refractivity contribution in [3.63, 3.8) is 0 Å². The molecule has 1 amide bonds. The van der Waals surface area contributed by atoms with Gasteiger partial charge in [0.15, 0.2) is 0 Å². The Bertz CT molecular complexity index is 482. The second kappa shape index (κ2) is 7.99. The molecule has 0 aliphatic carbocycles. The van der Waals surface area contributed by atoms with Crippen LogP contribution in [0.15, 0.2) is 42.1 Å². The molecule has 5 heteroatoms. The molecule has 0 bridgehead atoms. The van der Waals surface area contributed by atoms with Crippen molar-refractivity contribution in [2.75, 3.05) is 6.61 Å². The zero-order valence-corrected chi connectivity index (χ0v) is 11.9. The van der Waals surface area contributed by atoms with E-state index in [-0.39, 0.29) is 12.7 Å². The van der Waals surface area contributed by atoms with Gasteiger partial charge in [0.1, 0.15) is 6.10 Å². The molecule has 1 aromatic carbocycles. The number of nitrogens with one attached hydrogen (secondary N) is 1. The summed E-state index contributed by atoms with van der Waals surface area (Å²) in [5, 5.41) is 2.47. The van der Waals surface area contributed by atoms with E-state index in [1.54, 1.807) is 20.8 Å². The molecular formula is C15H19NO4. The molecule has 0 radical (unpaired) electrons. The smallest absolute Gasteiger partial charge is 0.411 e. The zero-order valence-electron chi connectivity index (χ0n) is 11.9. The molecular weight excluding hydrogens is 258 g/mol. The number of amides is 1. The maximum Gasteiger partial charge on any atom is 0.411 e. The topological polar surface area (TPSA) is 64.6 Å². The summed E-state index contributed by atoms with van der Waals surface area (Å²) in [5.41, 5.74) is 1.27. The van der Waals surface area contributed by atoms with Crippen molar-refractivity contribution in [3.8, 4) is 0 Å². The van der Waals surface area contributed by atoms with Crippen LogP contribution in [-0.2, 0) is 14.3 Å². The van der Waals surface area contributed by atoms with Crippen LogP contribution >= 0.6 is 0 Å². The third-order valence-electron chi connectivity index (χ3n) is 2.47. The number of carbonyl (C=O) groups is 2. The van der Waals surface area contributed by atoms with Crippen LogP contribution in [0.4, 0.5) is 4.79 Å². The van der Waals surface area contributed by atoms with Gasteiger partial charge in [-0.25, -0.2) is 9.59 Å². The number of rotatable bonds is 5. The summed E-state index contributed by atoms with van der Waals surface area (Å²) in [6.07, 6.45) is 0.226. The molecule has 0 aromatic heterocycles. The minimum atomic E-state index is -0.612. The summed E-state index contributed by atoms with van der Waals surface area (Å²) < 4.78 is 9.94. The fourth-order valence-electron chi connectivity index (χ4n) is 1.54. The second-order valence-corrected chi connectivity index (χ2v) is 4.16. The van der Waals surface area contributed by atoms with Crippen molar-refractivity contribution < 1.29 is 19.1 Å². The molecule has 0 aliphatic heterocycles. The number of allylic oxidation sites excluding steroid dienone is 1. The van der Waals surface area contributed by atoms with Gasteiger partial charge in [-0.3, -0.25) is 5.32 Å². The summed E-state index contributed by atoms with van der Waals surface area (Å²) in [7, 11) is 0.